The highest BCUT2D eigenvalue weighted by atomic mass is 32.2. The predicted octanol–water partition coefficient (Wildman–Crippen LogP) is -0.138. The largest absolute Gasteiger partial charge is 0.469 e. The van der Waals surface area contributed by atoms with Gasteiger partial charge in [-0.2, -0.15) is 0 Å². The van der Waals surface area contributed by atoms with Gasteiger partial charge in [-0.15, -0.1) is 0 Å². The summed E-state index contributed by atoms with van der Waals surface area (Å²) in [7, 11) is 1.22. The molecule has 0 aliphatic rings. The summed E-state index contributed by atoms with van der Waals surface area (Å²) in [5, 5.41) is 1.86. The van der Waals surface area contributed by atoms with Gasteiger partial charge in [0.1, 0.15) is 0 Å². The molecule has 0 unspecified atom stereocenters. The van der Waals surface area contributed by atoms with E-state index in [9.17, 15) is 19.2 Å². The van der Waals surface area contributed by atoms with Crippen molar-refractivity contribution in [3.8, 4) is 0 Å². The van der Waals surface area contributed by atoms with Crippen molar-refractivity contribution in [2.24, 2.45) is 0 Å². The van der Waals surface area contributed by atoms with Crippen molar-refractivity contribution in [3.63, 3.8) is 0 Å². The maximum absolute atomic E-state index is 11.1. The average molecular weight is 247 g/mol. The molecule has 0 aromatic rings. The first-order valence-electron chi connectivity index (χ1n) is 4.48. The van der Waals surface area contributed by atoms with Crippen LogP contribution in [0.25, 0.3) is 0 Å². The molecule has 0 heterocycles. The number of hydrogen-bond donors (Lipinski definition) is 1. The summed E-state index contributed by atoms with van der Waals surface area (Å²) in [5.41, 5.74) is 0. The highest BCUT2D eigenvalue weighted by Crippen LogP contribution is 1.99. The van der Waals surface area contributed by atoms with Crippen LogP contribution in [0.1, 0.15) is 19.8 Å². The molecule has 90 valence electrons. The van der Waals surface area contributed by atoms with Crippen LogP contribution in [0.4, 0.5) is 0 Å². The van der Waals surface area contributed by atoms with E-state index in [1.807, 2.05) is 0 Å². The molecule has 16 heavy (non-hydrogen) atoms. The van der Waals surface area contributed by atoms with E-state index in [1.54, 1.807) is 0 Å². The van der Waals surface area contributed by atoms with Gasteiger partial charge in [0, 0.05) is 13.3 Å². The molecule has 0 bridgehead atoms. The van der Waals surface area contributed by atoms with Crippen molar-refractivity contribution in [1.82, 2.24) is 5.32 Å². The minimum atomic E-state index is -0.556. The number of carbonyl (C=O) groups is 4. The molecule has 0 rings (SSSR count). The third kappa shape index (κ3) is 7.98. The molecule has 0 aromatic heterocycles. The summed E-state index contributed by atoms with van der Waals surface area (Å²) in [5.74, 6) is -1.71. The summed E-state index contributed by atoms with van der Waals surface area (Å²) >= 11 is 0.815. The highest BCUT2D eigenvalue weighted by molar-refractivity contribution is 8.14. The molecule has 2 amide bonds. The fourth-order valence-electron chi connectivity index (χ4n) is 0.739. The Morgan fingerprint density at radius 1 is 1.12 bits per heavy atom. The number of rotatable bonds is 5. The van der Waals surface area contributed by atoms with Gasteiger partial charge in [-0.25, -0.2) is 0 Å². The van der Waals surface area contributed by atoms with Gasteiger partial charge in [-0.3, -0.25) is 24.5 Å². The summed E-state index contributed by atoms with van der Waals surface area (Å²) in [6.45, 7) is 1.33. The van der Waals surface area contributed by atoms with E-state index in [2.05, 4.69) is 10.1 Å². The molecular formula is C9H13NO5S. The molecule has 0 aliphatic heterocycles. The van der Waals surface area contributed by atoms with Crippen LogP contribution in [0.5, 0.6) is 0 Å². The van der Waals surface area contributed by atoms with Gasteiger partial charge in [-0.05, 0) is 0 Å². The van der Waals surface area contributed by atoms with Gasteiger partial charge in [0.25, 0.3) is 0 Å². The molecule has 0 saturated carbocycles. The van der Waals surface area contributed by atoms with Crippen molar-refractivity contribution in [2.75, 3.05) is 12.9 Å². The van der Waals surface area contributed by atoms with Crippen LogP contribution in [0, 0.1) is 0 Å². The van der Waals surface area contributed by atoms with Gasteiger partial charge in [0.15, 0.2) is 5.12 Å². The third-order valence-electron chi connectivity index (χ3n) is 1.47. The Labute approximate surface area is 97.1 Å². The third-order valence-corrected chi connectivity index (χ3v) is 2.28. The van der Waals surface area contributed by atoms with E-state index in [-0.39, 0.29) is 23.7 Å². The lowest BCUT2D eigenvalue weighted by Gasteiger charge is -2.02. The van der Waals surface area contributed by atoms with Crippen molar-refractivity contribution < 1.29 is 23.9 Å². The Morgan fingerprint density at radius 3 is 2.25 bits per heavy atom. The van der Waals surface area contributed by atoms with Crippen LogP contribution in [-0.4, -0.2) is 35.8 Å². The van der Waals surface area contributed by atoms with Crippen LogP contribution in [-0.2, 0) is 23.9 Å². The first-order valence-corrected chi connectivity index (χ1v) is 5.47. The van der Waals surface area contributed by atoms with E-state index >= 15 is 0 Å². The second-order valence-corrected chi connectivity index (χ2v) is 3.98. The summed E-state index contributed by atoms with van der Waals surface area (Å²) in [6.07, 6.45) is -0.182. The molecule has 0 atom stereocenters. The molecule has 0 aliphatic carbocycles. The average Bonchev–Trinajstić information content (AvgIpc) is 2.23. The standard InChI is InChI=1S/C9H13NO5S/c1-6(11)16-5-8(13)10-7(12)3-4-9(14)15-2/h3-5H2,1-2H3,(H,10,12,13). The molecular weight excluding hydrogens is 234 g/mol. The molecule has 7 heteroatoms. The minimum absolute atomic E-state index is 0.0739. The quantitative estimate of drug-likeness (QED) is 0.680. The van der Waals surface area contributed by atoms with Gasteiger partial charge >= 0.3 is 5.97 Å². The lowest BCUT2D eigenvalue weighted by molar-refractivity contribution is -0.142. The predicted molar refractivity (Wildman–Crippen MR) is 57.5 cm³/mol. The Balaban J connectivity index is 3.74. The maximum atomic E-state index is 11.1. The number of esters is 1. The zero-order valence-corrected chi connectivity index (χ0v) is 9.89. The monoisotopic (exact) mass is 247 g/mol. The number of imide groups is 1. The number of amides is 2. The lowest BCUT2D eigenvalue weighted by atomic mass is 10.3. The maximum Gasteiger partial charge on any atom is 0.306 e. The lowest BCUT2D eigenvalue weighted by Crippen LogP contribution is -2.32. The zero-order valence-electron chi connectivity index (χ0n) is 9.07. The van der Waals surface area contributed by atoms with E-state index in [4.69, 9.17) is 0 Å². The normalized spacial score (nSPS) is 9.38. The van der Waals surface area contributed by atoms with Crippen LogP contribution < -0.4 is 5.32 Å². The van der Waals surface area contributed by atoms with Gasteiger partial charge in [-0.1, -0.05) is 11.8 Å². The van der Waals surface area contributed by atoms with E-state index in [0.717, 1.165) is 11.8 Å². The van der Waals surface area contributed by atoms with Crippen LogP contribution in [0.3, 0.4) is 0 Å². The number of nitrogens with one attached hydrogen (secondary N) is 1. The number of carbonyl (C=O) groups excluding carboxylic acids is 4. The zero-order chi connectivity index (χ0) is 12.6. The van der Waals surface area contributed by atoms with Crippen molar-refractivity contribution in [1.29, 1.82) is 0 Å². The van der Waals surface area contributed by atoms with Crippen molar-refractivity contribution in [2.45, 2.75) is 19.8 Å². The molecule has 0 spiro atoms. The van der Waals surface area contributed by atoms with Crippen LogP contribution >= 0.6 is 11.8 Å². The molecule has 0 radical (unpaired) electrons. The first kappa shape index (κ1) is 14.6. The fourth-order valence-corrected chi connectivity index (χ4v) is 1.15. The molecule has 0 saturated heterocycles. The van der Waals surface area contributed by atoms with Crippen molar-refractivity contribution >= 4 is 34.7 Å². The van der Waals surface area contributed by atoms with Gasteiger partial charge < -0.3 is 4.74 Å². The summed E-state index contributed by atoms with van der Waals surface area (Å²) in [4.78, 5) is 43.3. The summed E-state index contributed by atoms with van der Waals surface area (Å²) in [6, 6.07) is 0. The SMILES string of the molecule is COC(=O)CCC(=O)NC(=O)CSC(C)=O. The van der Waals surface area contributed by atoms with E-state index in [1.165, 1.54) is 14.0 Å². The van der Waals surface area contributed by atoms with E-state index in [0.29, 0.717) is 0 Å². The molecule has 0 fully saturated rings. The number of ether oxygens (including phenoxy) is 1. The van der Waals surface area contributed by atoms with Crippen LogP contribution in [0.15, 0.2) is 0 Å². The summed E-state index contributed by atoms with van der Waals surface area (Å²) < 4.78 is 4.33. The first-order chi connectivity index (χ1) is 7.45. The Kier molecular flexibility index (Phi) is 7.19. The Bertz CT molecular complexity index is 302. The van der Waals surface area contributed by atoms with Gasteiger partial charge in [0.05, 0.1) is 19.3 Å². The Morgan fingerprint density at radius 2 is 1.75 bits per heavy atom. The number of thioether (sulfide) groups is 1. The Hall–Kier alpha value is -1.37. The van der Waals surface area contributed by atoms with E-state index < -0.39 is 17.8 Å². The second kappa shape index (κ2) is 7.86. The van der Waals surface area contributed by atoms with Crippen LogP contribution in [0.2, 0.25) is 0 Å². The number of methoxy groups -OCH3 is 1. The second-order valence-electron chi connectivity index (χ2n) is 2.83. The highest BCUT2D eigenvalue weighted by Gasteiger charge is 2.11. The molecule has 6 nitrogen and oxygen atoms in total. The van der Waals surface area contributed by atoms with Crippen molar-refractivity contribution in [3.05, 3.63) is 0 Å². The topological polar surface area (TPSA) is 89.5 Å². The number of hydrogen-bond acceptors (Lipinski definition) is 6. The fraction of sp³-hybridized carbons (Fsp3) is 0.556. The molecule has 0 aromatic carbocycles. The smallest absolute Gasteiger partial charge is 0.306 e. The minimum Gasteiger partial charge on any atom is -0.469 e. The molecule has 1 N–H and O–H groups in total. The van der Waals surface area contributed by atoms with Gasteiger partial charge in [0.2, 0.25) is 11.8 Å².